The molecule has 5 rings (SSSR count). The molecule has 4 aromatic rings. The molecule has 1 saturated heterocycles. The number of rotatable bonds is 7. The Hall–Kier alpha value is -3.65. The Morgan fingerprint density at radius 1 is 1.05 bits per heavy atom. The number of carbonyl (C=O) groups is 1. The summed E-state index contributed by atoms with van der Waals surface area (Å²) in [7, 11) is 1.61. The Kier molecular flexibility index (Phi) is 7.28. The van der Waals surface area contributed by atoms with Crippen molar-refractivity contribution in [3.63, 3.8) is 0 Å². The summed E-state index contributed by atoms with van der Waals surface area (Å²) in [6.45, 7) is 6.96. The molecule has 0 bridgehead atoms. The number of anilines is 1. The van der Waals surface area contributed by atoms with Crippen molar-refractivity contribution in [1.29, 1.82) is 0 Å². The first-order chi connectivity index (χ1) is 17.9. The van der Waals surface area contributed by atoms with Crippen LogP contribution in [-0.2, 0) is 6.42 Å². The number of piperazine rings is 1. The third kappa shape index (κ3) is 5.39. The Morgan fingerprint density at radius 3 is 2.57 bits per heavy atom. The fourth-order valence-corrected chi connectivity index (χ4v) is 4.75. The monoisotopic (exact) mass is 518 g/mol. The van der Waals surface area contributed by atoms with E-state index in [0.717, 1.165) is 41.2 Å². The summed E-state index contributed by atoms with van der Waals surface area (Å²) >= 11 is 6.26. The molecule has 8 nitrogen and oxygen atoms in total. The number of nitrogens with zero attached hydrogens (tertiary/aromatic N) is 6. The zero-order chi connectivity index (χ0) is 25.9. The van der Waals surface area contributed by atoms with Crippen LogP contribution in [0.25, 0.3) is 16.7 Å². The third-order valence-corrected chi connectivity index (χ3v) is 6.87. The Balaban J connectivity index is 1.43. The minimum atomic E-state index is 0.0118. The van der Waals surface area contributed by atoms with Gasteiger partial charge in [-0.15, -0.1) is 0 Å². The van der Waals surface area contributed by atoms with Crippen molar-refractivity contribution in [3.8, 4) is 11.4 Å². The van der Waals surface area contributed by atoms with Gasteiger partial charge < -0.3 is 14.5 Å². The lowest BCUT2D eigenvalue weighted by Gasteiger charge is -2.35. The molecule has 0 N–H and O–H groups in total. The smallest absolute Gasteiger partial charge is 0.254 e. The van der Waals surface area contributed by atoms with Crippen molar-refractivity contribution in [3.05, 3.63) is 71.1 Å². The molecule has 0 aliphatic carbocycles. The largest absolute Gasteiger partial charge is 0.497 e. The maximum absolute atomic E-state index is 13.1. The lowest BCUT2D eigenvalue weighted by Crippen LogP contribution is -2.49. The average molecular weight is 519 g/mol. The molecule has 1 aliphatic heterocycles. The first-order valence-corrected chi connectivity index (χ1v) is 13.0. The normalized spacial score (nSPS) is 14.0. The molecule has 0 saturated carbocycles. The highest BCUT2D eigenvalue weighted by Gasteiger charge is 2.26. The summed E-state index contributed by atoms with van der Waals surface area (Å²) in [6.07, 6.45) is 3.61. The number of methoxy groups -OCH3 is 1. The highest BCUT2D eigenvalue weighted by Crippen LogP contribution is 2.28. The van der Waals surface area contributed by atoms with Gasteiger partial charge in [0.05, 0.1) is 24.4 Å². The van der Waals surface area contributed by atoms with Gasteiger partial charge in [-0.25, -0.2) is 14.6 Å². The molecule has 192 valence electrons. The molecule has 1 aliphatic rings. The van der Waals surface area contributed by atoms with Crippen molar-refractivity contribution >= 4 is 34.4 Å². The third-order valence-electron chi connectivity index (χ3n) is 6.64. The van der Waals surface area contributed by atoms with Gasteiger partial charge in [0.1, 0.15) is 17.4 Å². The molecular formula is C28H31ClN6O2. The first kappa shape index (κ1) is 25.0. The van der Waals surface area contributed by atoms with Crippen LogP contribution in [0.2, 0.25) is 5.02 Å². The number of benzene rings is 2. The molecule has 0 unspecified atom stereocenters. The second-order valence-electron chi connectivity index (χ2n) is 9.68. The van der Waals surface area contributed by atoms with Crippen LogP contribution in [-0.4, -0.2) is 63.8 Å². The number of halogens is 1. The second kappa shape index (κ2) is 10.8. The van der Waals surface area contributed by atoms with E-state index in [4.69, 9.17) is 26.3 Å². The van der Waals surface area contributed by atoms with Crippen LogP contribution in [0.3, 0.4) is 0 Å². The lowest BCUT2D eigenvalue weighted by molar-refractivity contribution is 0.0746. The van der Waals surface area contributed by atoms with Crippen molar-refractivity contribution in [2.45, 2.75) is 26.7 Å². The molecule has 2 aromatic carbocycles. The van der Waals surface area contributed by atoms with Gasteiger partial charge in [-0.2, -0.15) is 5.10 Å². The average Bonchev–Trinajstić information content (AvgIpc) is 3.35. The summed E-state index contributed by atoms with van der Waals surface area (Å²) in [6, 6.07) is 14.9. The van der Waals surface area contributed by atoms with Gasteiger partial charge in [0, 0.05) is 43.2 Å². The number of hydrogen-bond donors (Lipinski definition) is 0. The van der Waals surface area contributed by atoms with Gasteiger partial charge in [-0.3, -0.25) is 4.79 Å². The topological polar surface area (TPSA) is 76.4 Å². The van der Waals surface area contributed by atoms with E-state index in [9.17, 15) is 4.79 Å². The predicted octanol–water partition coefficient (Wildman–Crippen LogP) is 5.03. The van der Waals surface area contributed by atoms with Crippen LogP contribution < -0.4 is 9.64 Å². The van der Waals surface area contributed by atoms with Crippen LogP contribution >= 0.6 is 11.6 Å². The Labute approximate surface area is 221 Å². The number of carbonyl (C=O) groups excluding carboxylic acids is 1. The quantitative estimate of drug-likeness (QED) is 0.341. The maximum Gasteiger partial charge on any atom is 0.254 e. The van der Waals surface area contributed by atoms with Gasteiger partial charge >= 0.3 is 0 Å². The molecule has 1 amide bonds. The van der Waals surface area contributed by atoms with E-state index in [1.54, 1.807) is 13.2 Å². The van der Waals surface area contributed by atoms with Crippen LogP contribution in [0.4, 0.5) is 5.82 Å². The molecule has 0 spiro atoms. The van der Waals surface area contributed by atoms with E-state index in [1.165, 1.54) is 0 Å². The number of amides is 1. The number of fused-ring (bicyclic) bond motifs is 1. The molecule has 1 fully saturated rings. The maximum atomic E-state index is 13.1. The highest BCUT2D eigenvalue weighted by atomic mass is 35.5. The van der Waals surface area contributed by atoms with E-state index < -0.39 is 0 Å². The highest BCUT2D eigenvalue weighted by molar-refractivity contribution is 6.30. The molecule has 3 heterocycles. The van der Waals surface area contributed by atoms with E-state index in [0.29, 0.717) is 48.4 Å². The first-order valence-electron chi connectivity index (χ1n) is 12.6. The van der Waals surface area contributed by atoms with Gasteiger partial charge in [0.2, 0.25) is 0 Å². The van der Waals surface area contributed by atoms with Gasteiger partial charge in [0.25, 0.3) is 5.91 Å². The van der Waals surface area contributed by atoms with Crippen LogP contribution in [0, 0.1) is 5.92 Å². The minimum Gasteiger partial charge on any atom is -0.497 e. The van der Waals surface area contributed by atoms with Gasteiger partial charge in [0.15, 0.2) is 5.65 Å². The SMILES string of the molecule is COc1cccc(C(=O)N2CCN(c3nc(CCC(C)C)nc4c3cnn4-c3cccc(Cl)c3)CC2)c1. The molecule has 2 aromatic heterocycles. The van der Waals surface area contributed by atoms with Crippen LogP contribution in [0.5, 0.6) is 5.75 Å². The number of hydrogen-bond acceptors (Lipinski definition) is 6. The summed E-state index contributed by atoms with van der Waals surface area (Å²) in [4.78, 5) is 27.1. The van der Waals surface area contributed by atoms with E-state index in [-0.39, 0.29) is 5.91 Å². The van der Waals surface area contributed by atoms with Crippen LogP contribution in [0.1, 0.15) is 36.5 Å². The van der Waals surface area contributed by atoms with Gasteiger partial charge in [-0.05, 0) is 48.7 Å². The fourth-order valence-electron chi connectivity index (χ4n) is 4.56. The van der Waals surface area contributed by atoms with Crippen molar-refractivity contribution in [1.82, 2.24) is 24.6 Å². The zero-order valence-electron chi connectivity index (χ0n) is 21.4. The predicted molar refractivity (Wildman–Crippen MR) is 146 cm³/mol. The van der Waals surface area contributed by atoms with Crippen molar-refractivity contribution in [2.75, 3.05) is 38.2 Å². The molecule has 37 heavy (non-hydrogen) atoms. The van der Waals surface area contributed by atoms with E-state index in [1.807, 2.05) is 58.2 Å². The summed E-state index contributed by atoms with van der Waals surface area (Å²) in [5, 5.41) is 6.19. The van der Waals surface area contributed by atoms with Crippen molar-refractivity contribution in [2.24, 2.45) is 5.92 Å². The standard InChI is InChI=1S/C28H31ClN6O2/c1-19(2)10-11-25-31-26(24-18-30-35(27(24)32-25)22-8-5-7-21(29)17-22)33-12-14-34(15-13-33)28(36)20-6-4-9-23(16-20)37-3/h4-9,16-19H,10-15H2,1-3H3. The Morgan fingerprint density at radius 2 is 1.84 bits per heavy atom. The number of aromatic nitrogens is 4. The molecule has 0 atom stereocenters. The fraction of sp³-hybridized carbons (Fsp3) is 0.357. The molecular weight excluding hydrogens is 488 g/mol. The van der Waals surface area contributed by atoms with E-state index >= 15 is 0 Å². The summed E-state index contributed by atoms with van der Waals surface area (Å²) < 4.78 is 7.11. The molecule has 0 radical (unpaired) electrons. The number of aryl methyl sites for hydroxylation is 1. The second-order valence-corrected chi connectivity index (χ2v) is 10.1. The Bertz CT molecular complexity index is 1410. The van der Waals surface area contributed by atoms with Gasteiger partial charge in [-0.1, -0.05) is 37.6 Å². The van der Waals surface area contributed by atoms with Crippen LogP contribution in [0.15, 0.2) is 54.7 Å². The lowest BCUT2D eigenvalue weighted by atomic mass is 10.1. The number of ether oxygens (including phenoxy) is 1. The van der Waals surface area contributed by atoms with E-state index in [2.05, 4.69) is 23.8 Å². The summed E-state index contributed by atoms with van der Waals surface area (Å²) in [5.41, 5.74) is 2.26. The minimum absolute atomic E-state index is 0.0118. The molecule has 9 heteroatoms. The summed E-state index contributed by atoms with van der Waals surface area (Å²) in [5.74, 6) is 2.91. The zero-order valence-corrected chi connectivity index (χ0v) is 22.1. The van der Waals surface area contributed by atoms with Crippen molar-refractivity contribution < 1.29 is 9.53 Å².